The number of hydrogen-bond donors (Lipinski definition) is 1. The number of carbonyl (C=O) groups excluding carboxylic acids is 1. The molecule has 0 fully saturated rings. The van der Waals surface area contributed by atoms with Gasteiger partial charge in [-0.3, -0.25) is 9.59 Å². The highest BCUT2D eigenvalue weighted by Gasteiger charge is 2.26. The molecular formula is C10H12O3S2. The van der Waals surface area contributed by atoms with E-state index >= 15 is 0 Å². The van der Waals surface area contributed by atoms with Crippen LogP contribution in [0.5, 0.6) is 0 Å². The van der Waals surface area contributed by atoms with Gasteiger partial charge in [-0.1, -0.05) is 31.7 Å². The Balaban J connectivity index is 2.67. The number of thiophene rings is 1. The van der Waals surface area contributed by atoms with Crippen LogP contribution in [0.1, 0.15) is 23.5 Å². The van der Waals surface area contributed by atoms with E-state index in [2.05, 4.69) is 0 Å². The number of carboxylic acids is 1. The fourth-order valence-electron chi connectivity index (χ4n) is 1.04. The summed E-state index contributed by atoms with van der Waals surface area (Å²) < 4.78 is 0. The van der Waals surface area contributed by atoms with Crippen molar-refractivity contribution in [2.75, 3.05) is 0 Å². The molecule has 1 rings (SSSR count). The van der Waals surface area contributed by atoms with Crippen LogP contribution in [-0.4, -0.2) is 21.4 Å². The molecule has 0 amide bonds. The summed E-state index contributed by atoms with van der Waals surface area (Å²) in [5, 5.41) is 9.90. The standard InChI is InChI=1S/C10H12O3S2/c1-6(2)8(9(11)12)15-10(13)7-4-3-5-14-7/h3-6,8H,1-2H3,(H,11,12). The third kappa shape index (κ3) is 3.35. The molecule has 1 heterocycles. The predicted molar refractivity (Wildman–Crippen MR) is 62.5 cm³/mol. The fourth-order valence-corrected chi connectivity index (χ4v) is 2.67. The predicted octanol–water partition coefficient (Wildman–Crippen LogP) is 2.73. The lowest BCUT2D eigenvalue weighted by Gasteiger charge is -2.13. The van der Waals surface area contributed by atoms with Crippen molar-refractivity contribution in [2.45, 2.75) is 19.1 Å². The number of thioether (sulfide) groups is 1. The smallest absolute Gasteiger partial charge is 0.317 e. The van der Waals surface area contributed by atoms with Crippen molar-refractivity contribution in [3.05, 3.63) is 22.4 Å². The van der Waals surface area contributed by atoms with Gasteiger partial charge in [-0.2, -0.15) is 0 Å². The van der Waals surface area contributed by atoms with Gasteiger partial charge in [-0.15, -0.1) is 11.3 Å². The van der Waals surface area contributed by atoms with Crippen LogP contribution in [0.2, 0.25) is 0 Å². The topological polar surface area (TPSA) is 54.4 Å². The van der Waals surface area contributed by atoms with Gasteiger partial charge in [0, 0.05) is 0 Å². The summed E-state index contributed by atoms with van der Waals surface area (Å²) in [6.45, 7) is 3.60. The molecule has 0 saturated carbocycles. The number of carboxylic acid groups (broad SMARTS) is 1. The van der Waals surface area contributed by atoms with Gasteiger partial charge in [-0.25, -0.2) is 0 Å². The van der Waals surface area contributed by atoms with E-state index < -0.39 is 11.2 Å². The molecule has 0 spiro atoms. The summed E-state index contributed by atoms with van der Waals surface area (Å²) >= 11 is 2.22. The molecule has 1 atom stereocenters. The Hall–Kier alpha value is -0.810. The van der Waals surface area contributed by atoms with Crippen LogP contribution >= 0.6 is 23.1 Å². The Labute approximate surface area is 96.5 Å². The van der Waals surface area contributed by atoms with Gasteiger partial charge in [0.15, 0.2) is 0 Å². The van der Waals surface area contributed by atoms with Crippen molar-refractivity contribution in [3.63, 3.8) is 0 Å². The van der Waals surface area contributed by atoms with E-state index in [1.165, 1.54) is 11.3 Å². The van der Waals surface area contributed by atoms with Gasteiger partial charge in [0.1, 0.15) is 5.25 Å². The maximum absolute atomic E-state index is 11.6. The molecule has 1 aromatic heterocycles. The van der Waals surface area contributed by atoms with Crippen molar-refractivity contribution in [1.82, 2.24) is 0 Å². The first-order valence-electron chi connectivity index (χ1n) is 4.49. The number of rotatable bonds is 4. The average Bonchev–Trinajstić information content (AvgIpc) is 2.65. The second kappa shape index (κ2) is 5.32. The van der Waals surface area contributed by atoms with Crippen LogP contribution in [0.25, 0.3) is 0 Å². The van der Waals surface area contributed by atoms with Gasteiger partial charge in [0.2, 0.25) is 5.12 Å². The molecule has 5 heteroatoms. The van der Waals surface area contributed by atoms with E-state index in [-0.39, 0.29) is 11.0 Å². The Morgan fingerprint density at radius 1 is 1.47 bits per heavy atom. The summed E-state index contributed by atoms with van der Waals surface area (Å²) in [5.41, 5.74) is 0. The Kier molecular flexibility index (Phi) is 4.35. The molecule has 15 heavy (non-hydrogen) atoms. The van der Waals surface area contributed by atoms with Crippen LogP contribution in [0.15, 0.2) is 17.5 Å². The first-order valence-corrected chi connectivity index (χ1v) is 6.25. The molecule has 0 aromatic carbocycles. The van der Waals surface area contributed by atoms with Gasteiger partial charge in [-0.05, 0) is 17.4 Å². The molecule has 0 saturated heterocycles. The molecule has 82 valence electrons. The largest absolute Gasteiger partial charge is 0.480 e. The molecule has 1 N–H and O–H groups in total. The van der Waals surface area contributed by atoms with Crippen molar-refractivity contribution in [1.29, 1.82) is 0 Å². The third-order valence-corrected chi connectivity index (χ3v) is 4.24. The highest BCUT2D eigenvalue weighted by atomic mass is 32.2. The van der Waals surface area contributed by atoms with E-state index in [9.17, 15) is 9.59 Å². The minimum absolute atomic E-state index is 0.0589. The van der Waals surface area contributed by atoms with E-state index in [0.29, 0.717) is 4.88 Å². The fraction of sp³-hybridized carbons (Fsp3) is 0.400. The van der Waals surface area contributed by atoms with E-state index in [1.54, 1.807) is 31.4 Å². The molecule has 0 radical (unpaired) electrons. The quantitative estimate of drug-likeness (QED) is 0.884. The van der Waals surface area contributed by atoms with E-state index in [4.69, 9.17) is 5.11 Å². The molecule has 0 aliphatic carbocycles. The van der Waals surface area contributed by atoms with Gasteiger partial charge < -0.3 is 5.11 Å². The lowest BCUT2D eigenvalue weighted by atomic mass is 10.1. The van der Waals surface area contributed by atoms with Gasteiger partial charge >= 0.3 is 5.97 Å². The normalized spacial score (nSPS) is 12.7. The van der Waals surface area contributed by atoms with Crippen molar-refractivity contribution >= 4 is 34.2 Å². The van der Waals surface area contributed by atoms with Crippen molar-refractivity contribution < 1.29 is 14.7 Å². The van der Waals surface area contributed by atoms with Crippen LogP contribution in [-0.2, 0) is 4.79 Å². The zero-order valence-corrected chi connectivity index (χ0v) is 10.1. The second-order valence-electron chi connectivity index (χ2n) is 3.39. The Morgan fingerprint density at radius 3 is 2.53 bits per heavy atom. The summed E-state index contributed by atoms with van der Waals surface area (Å²) in [4.78, 5) is 23.1. The van der Waals surface area contributed by atoms with Crippen molar-refractivity contribution in [2.24, 2.45) is 5.92 Å². The maximum Gasteiger partial charge on any atom is 0.317 e. The summed E-state index contributed by atoms with van der Waals surface area (Å²) in [6.07, 6.45) is 0. The highest BCUT2D eigenvalue weighted by molar-refractivity contribution is 8.15. The minimum Gasteiger partial charge on any atom is -0.480 e. The number of aliphatic carboxylic acids is 1. The van der Waals surface area contributed by atoms with Crippen LogP contribution < -0.4 is 0 Å². The summed E-state index contributed by atoms with van der Waals surface area (Å²) in [6, 6.07) is 3.49. The van der Waals surface area contributed by atoms with Crippen LogP contribution in [0.4, 0.5) is 0 Å². The third-order valence-electron chi connectivity index (χ3n) is 1.81. The van der Waals surface area contributed by atoms with E-state index in [1.807, 2.05) is 0 Å². The minimum atomic E-state index is -0.931. The molecule has 0 bridgehead atoms. The first kappa shape index (κ1) is 12.3. The lowest BCUT2D eigenvalue weighted by Crippen LogP contribution is -2.24. The van der Waals surface area contributed by atoms with Gasteiger partial charge in [0.05, 0.1) is 4.88 Å². The van der Waals surface area contributed by atoms with Crippen molar-refractivity contribution in [3.8, 4) is 0 Å². The Morgan fingerprint density at radius 2 is 2.13 bits per heavy atom. The molecule has 3 nitrogen and oxygen atoms in total. The Bertz CT molecular complexity index is 344. The summed E-state index contributed by atoms with van der Waals surface area (Å²) in [7, 11) is 0. The number of carbonyl (C=O) groups is 2. The molecule has 0 aliphatic rings. The zero-order valence-electron chi connectivity index (χ0n) is 8.47. The highest BCUT2D eigenvalue weighted by Crippen LogP contribution is 2.25. The van der Waals surface area contributed by atoms with E-state index in [0.717, 1.165) is 11.8 Å². The van der Waals surface area contributed by atoms with Crippen LogP contribution in [0.3, 0.4) is 0 Å². The van der Waals surface area contributed by atoms with Gasteiger partial charge in [0.25, 0.3) is 0 Å². The molecule has 1 unspecified atom stereocenters. The second-order valence-corrected chi connectivity index (χ2v) is 5.45. The SMILES string of the molecule is CC(C)C(SC(=O)c1cccs1)C(=O)O. The lowest BCUT2D eigenvalue weighted by molar-refractivity contribution is -0.137. The zero-order chi connectivity index (χ0) is 11.4. The molecule has 1 aromatic rings. The summed E-state index contributed by atoms with van der Waals surface area (Å²) in [5.74, 6) is -0.990. The monoisotopic (exact) mass is 244 g/mol. The average molecular weight is 244 g/mol. The number of hydrogen-bond acceptors (Lipinski definition) is 4. The maximum atomic E-state index is 11.6. The first-order chi connectivity index (χ1) is 7.02. The molecular weight excluding hydrogens is 232 g/mol. The van der Waals surface area contributed by atoms with Crippen LogP contribution in [0, 0.1) is 5.92 Å². The molecule has 0 aliphatic heterocycles.